The predicted octanol–water partition coefficient (Wildman–Crippen LogP) is 1.06. The Labute approximate surface area is 128 Å². The van der Waals surface area contributed by atoms with Crippen LogP contribution in [0.3, 0.4) is 0 Å². The van der Waals surface area contributed by atoms with E-state index >= 15 is 0 Å². The number of carbonyl (C=O) groups is 3. The molecule has 1 amide bonds. The summed E-state index contributed by atoms with van der Waals surface area (Å²) < 4.78 is 5.20. The molecular weight excluding hydrogens is 294 g/mol. The topological polar surface area (TPSA) is 124 Å². The number of amides is 1. The van der Waals surface area contributed by atoms with E-state index in [1.165, 1.54) is 0 Å². The molecule has 0 saturated carbocycles. The van der Waals surface area contributed by atoms with Crippen molar-refractivity contribution in [1.82, 2.24) is 4.90 Å². The van der Waals surface area contributed by atoms with Gasteiger partial charge in [-0.3, -0.25) is 9.69 Å². The molecule has 1 rings (SSSR count). The summed E-state index contributed by atoms with van der Waals surface area (Å²) in [6.07, 6.45) is -1.58. The van der Waals surface area contributed by atoms with Crippen LogP contribution in [0.2, 0.25) is 0 Å². The third-order valence-corrected chi connectivity index (χ3v) is 3.38. The number of likely N-dealkylation sites (tertiary alicyclic amines) is 1. The van der Waals surface area contributed by atoms with Gasteiger partial charge in [0.05, 0.1) is 12.1 Å². The Morgan fingerprint density at radius 1 is 1.23 bits per heavy atom. The van der Waals surface area contributed by atoms with Gasteiger partial charge in [-0.1, -0.05) is 0 Å². The smallest absolute Gasteiger partial charge is 0.411 e. The molecule has 0 bridgehead atoms. The summed E-state index contributed by atoms with van der Waals surface area (Å²) in [5.74, 6) is -2.20. The summed E-state index contributed by atoms with van der Waals surface area (Å²) in [7, 11) is 0. The quantitative estimate of drug-likeness (QED) is 0.692. The van der Waals surface area contributed by atoms with Crippen molar-refractivity contribution in [3.05, 3.63) is 0 Å². The Bertz CT molecular complexity index is 443. The number of hydrogen-bond donors (Lipinski definition) is 3. The summed E-state index contributed by atoms with van der Waals surface area (Å²) >= 11 is 0. The maximum atomic E-state index is 12.2. The van der Waals surface area contributed by atoms with Gasteiger partial charge >= 0.3 is 18.0 Å². The van der Waals surface area contributed by atoms with Gasteiger partial charge < -0.3 is 20.1 Å². The van der Waals surface area contributed by atoms with Gasteiger partial charge in [0.15, 0.2) is 0 Å². The lowest BCUT2D eigenvalue weighted by Crippen LogP contribution is -2.48. The zero-order valence-corrected chi connectivity index (χ0v) is 13.0. The second-order valence-corrected chi connectivity index (χ2v) is 6.40. The molecule has 1 heterocycles. The average Bonchev–Trinajstić information content (AvgIpc) is 2.64. The first-order valence-corrected chi connectivity index (χ1v) is 7.17. The second-order valence-electron chi connectivity index (χ2n) is 6.40. The summed E-state index contributed by atoms with van der Waals surface area (Å²) in [6, 6.07) is -1.92. The average molecular weight is 317 g/mol. The Morgan fingerprint density at radius 2 is 1.82 bits per heavy atom. The van der Waals surface area contributed by atoms with Crippen LogP contribution in [0.15, 0.2) is 0 Å². The molecule has 1 fully saturated rings. The Balaban J connectivity index is 2.88. The minimum absolute atomic E-state index is 0.0910. The van der Waals surface area contributed by atoms with E-state index in [-0.39, 0.29) is 25.7 Å². The highest BCUT2D eigenvalue weighted by Crippen LogP contribution is 2.30. The van der Waals surface area contributed by atoms with Crippen LogP contribution in [-0.2, 0) is 14.3 Å². The van der Waals surface area contributed by atoms with Crippen molar-refractivity contribution < 1.29 is 34.4 Å². The fourth-order valence-electron chi connectivity index (χ4n) is 2.51. The molecule has 0 radical (unpaired) electrons. The van der Waals surface area contributed by atoms with Gasteiger partial charge in [0.2, 0.25) is 0 Å². The third kappa shape index (κ3) is 4.87. The number of carboxylic acids is 2. The molecule has 8 heteroatoms. The van der Waals surface area contributed by atoms with Crippen LogP contribution in [0.25, 0.3) is 0 Å². The SMILES string of the molecule is CC(C)(C)OC(=O)N1[C@@H](C(=O)O)C[C@@H](O)[C@H]1CCCC(=O)O. The molecule has 0 aromatic rings. The monoisotopic (exact) mass is 317 g/mol. The fourth-order valence-corrected chi connectivity index (χ4v) is 2.51. The first kappa shape index (κ1) is 18.2. The Kier molecular flexibility index (Phi) is 5.76. The van der Waals surface area contributed by atoms with E-state index in [4.69, 9.17) is 9.84 Å². The largest absolute Gasteiger partial charge is 0.481 e. The normalized spacial score (nSPS) is 25.1. The number of aliphatic carboxylic acids is 2. The van der Waals surface area contributed by atoms with Crippen molar-refractivity contribution in [3.8, 4) is 0 Å². The maximum Gasteiger partial charge on any atom is 0.411 e. The molecule has 3 atom stereocenters. The van der Waals surface area contributed by atoms with Crippen molar-refractivity contribution in [3.63, 3.8) is 0 Å². The number of aliphatic hydroxyl groups excluding tert-OH is 1. The highest BCUT2D eigenvalue weighted by atomic mass is 16.6. The van der Waals surface area contributed by atoms with Crippen molar-refractivity contribution in [1.29, 1.82) is 0 Å². The molecule has 1 aliphatic heterocycles. The number of nitrogens with zero attached hydrogens (tertiary/aromatic N) is 1. The van der Waals surface area contributed by atoms with Gasteiger partial charge in [-0.25, -0.2) is 9.59 Å². The number of ether oxygens (including phenoxy) is 1. The molecule has 0 aromatic carbocycles. The van der Waals surface area contributed by atoms with E-state index in [0.29, 0.717) is 0 Å². The lowest BCUT2D eigenvalue weighted by molar-refractivity contribution is -0.142. The maximum absolute atomic E-state index is 12.2. The summed E-state index contributed by atoms with van der Waals surface area (Å²) in [6.45, 7) is 4.98. The first-order chi connectivity index (χ1) is 10.0. The first-order valence-electron chi connectivity index (χ1n) is 7.17. The van der Waals surface area contributed by atoms with Crippen LogP contribution in [0.1, 0.15) is 46.5 Å². The van der Waals surface area contributed by atoms with Crippen molar-refractivity contribution in [2.24, 2.45) is 0 Å². The standard InChI is InChI=1S/C14H23NO7/c1-14(2,3)22-13(21)15-8(5-4-6-11(17)18)10(16)7-9(15)12(19)20/h8-10,16H,4-7H2,1-3H3,(H,17,18)(H,19,20)/t8-,9-,10-/m1/s1. The molecule has 0 spiro atoms. The molecule has 22 heavy (non-hydrogen) atoms. The Hall–Kier alpha value is -1.83. The lowest BCUT2D eigenvalue weighted by atomic mass is 10.0. The van der Waals surface area contributed by atoms with Crippen LogP contribution in [-0.4, -0.2) is 62.0 Å². The van der Waals surface area contributed by atoms with Crippen LogP contribution in [0, 0.1) is 0 Å². The minimum Gasteiger partial charge on any atom is -0.481 e. The third-order valence-electron chi connectivity index (χ3n) is 3.38. The Morgan fingerprint density at radius 3 is 2.27 bits per heavy atom. The van der Waals surface area contributed by atoms with Gasteiger partial charge in [0, 0.05) is 12.8 Å². The van der Waals surface area contributed by atoms with Crippen molar-refractivity contribution >= 4 is 18.0 Å². The zero-order valence-electron chi connectivity index (χ0n) is 13.0. The van der Waals surface area contributed by atoms with E-state index in [0.717, 1.165) is 4.90 Å². The summed E-state index contributed by atoms with van der Waals surface area (Å²) in [5.41, 5.74) is -0.792. The number of carbonyl (C=O) groups excluding carboxylic acids is 1. The molecular formula is C14H23NO7. The molecule has 0 unspecified atom stereocenters. The summed E-state index contributed by atoms with van der Waals surface area (Å²) in [4.78, 5) is 35.1. The van der Waals surface area contributed by atoms with E-state index in [1.54, 1.807) is 20.8 Å². The van der Waals surface area contributed by atoms with Crippen molar-refractivity contribution in [2.75, 3.05) is 0 Å². The van der Waals surface area contributed by atoms with E-state index in [9.17, 15) is 24.6 Å². The number of rotatable bonds is 5. The van der Waals surface area contributed by atoms with Gasteiger partial charge in [-0.05, 0) is 33.6 Å². The second kappa shape index (κ2) is 6.95. The molecule has 1 aliphatic rings. The van der Waals surface area contributed by atoms with E-state index in [2.05, 4.69) is 0 Å². The highest BCUT2D eigenvalue weighted by Gasteiger charge is 2.47. The van der Waals surface area contributed by atoms with Crippen LogP contribution in [0.5, 0.6) is 0 Å². The number of hydrogen-bond acceptors (Lipinski definition) is 5. The predicted molar refractivity (Wildman–Crippen MR) is 75.4 cm³/mol. The lowest BCUT2D eigenvalue weighted by Gasteiger charge is -2.31. The fraction of sp³-hybridized carbons (Fsp3) is 0.786. The zero-order chi connectivity index (χ0) is 17.1. The van der Waals surface area contributed by atoms with E-state index < -0.39 is 41.8 Å². The van der Waals surface area contributed by atoms with Gasteiger partial charge in [0.25, 0.3) is 0 Å². The molecule has 0 aromatic heterocycles. The van der Waals surface area contributed by atoms with Crippen LogP contribution in [0.4, 0.5) is 4.79 Å². The number of carboxylic acid groups (broad SMARTS) is 2. The van der Waals surface area contributed by atoms with E-state index in [1.807, 2.05) is 0 Å². The van der Waals surface area contributed by atoms with Gasteiger partial charge in [0.1, 0.15) is 11.6 Å². The van der Waals surface area contributed by atoms with Crippen LogP contribution < -0.4 is 0 Å². The van der Waals surface area contributed by atoms with Gasteiger partial charge in [-0.2, -0.15) is 0 Å². The molecule has 0 aliphatic carbocycles. The van der Waals surface area contributed by atoms with Gasteiger partial charge in [-0.15, -0.1) is 0 Å². The molecule has 1 saturated heterocycles. The van der Waals surface area contributed by atoms with Crippen molar-refractivity contribution in [2.45, 2.75) is 70.2 Å². The highest BCUT2D eigenvalue weighted by molar-refractivity contribution is 5.81. The molecule has 126 valence electrons. The number of aliphatic hydroxyl groups is 1. The summed E-state index contributed by atoms with van der Waals surface area (Å²) in [5, 5.41) is 27.9. The molecule has 3 N–H and O–H groups in total. The molecule has 8 nitrogen and oxygen atoms in total. The minimum atomic E-state index is -1.22. The van der Waals surface area contributed by atoms with Crippen LogP contribution >= 0.6 is 0 Å².